The second-order valence-corrected chi connectivity index (χ2v) is 7.00. The maximum Gasteiger partial charge on any atom is 0.317 e. The average molecular weight is 375 g/mol. The number of piperidine rings is 1. The molecule has 2 heterocycles. The average Bonchev–Trinajstić information content (AvgIpc) is 3.15. The molecule has 2 atom stereocenters. The van der Waals surface area contributed by atoms with Crippen LogP contribution in [0.15, 0.2) is 30.3 Å². The molecule has 0 radical (unpaired) electrons. The number of carbonyl (C=O) groups is 3. The van der Waals surface area contributed by atoms with Crippen molar-refractivity contribution >= 4 is 17.9 Å². The Morgan fingerprint density at radius 1 is 1.07 bits per heavy atom. The molecule has 2 unspecified atom stereocenters. The van der Waals surface area contributed by atoms with E-state index in [-0.39, 0.29) is 31.1 Å². The number of carbonyl (C=O) groups excluding carboxylic acids is 2. The van der Waals surface area contributed by atoms with Crippen LogP contribution in [0.5, 0.6) is 5.75 Å². The molecule has 8 heteroatoms. The van der Waals surface area contributed by atoms with Crippen molar-refractivity contribution in [3.8, 4) is 5.75 Å². The molecule has 2 saturated heterocycles. The van der Waals surface area contributed by atoms with E-state index in [1.807, 2.05) is 18.2 Å². The van der Waals surface area contributed by atoms with Crippen LogP contribution in [0.25, 0.3) is 0 Å². The lowest BCUT2D eigenvalue weighted by Crippen LogP contribution is -2.50. The second kappa shape index (κ2) is 8.75. The first-order chi connectivity index (χ1) is 13.0. The summed E-state index contributed by atoms with van der Waals surface area (Å²) in [5.74, 6) is -0.822. The van der Waals surface area contributed by atoms with Crippen molar-refractivity contribution in [1.29, 1.82) is 0 Å². The van der Waals surface area contributed by atoms with Crippen LogP contribution < -0.4 is 10.1 Å². The first kappa shape index (κ1) is 19.0. The number of hydrogen-bond acceptors (Lipinski definition) is 4. The van der Waals surface area contributed by atoms with Gasteiger partial charge >= 0.3 is 12.0 Å². The topological polar surface area (TPSA) is 99.2 Å². The van der Waals surface area contributed by atoms with E-state index >= 15 is 0 Å². The number of nitrogens with zero attached hydrogens (tertiary/aromatic N) is 2. The van der Waals surface area contributed by atoms with Crippen LogP contribution in [0.2, 0.25) is 0 Å². The zero-order valence-electron chi connectivity index (χ0n) is 15.2. The Balaban J connectivity index is 1.43. The molecule has 0 spiro atoms. The van der Waals surface area contributed by atoms with Gasteiger partial charge in [-0.15, -0.1) is 0 Å². The molecule has 0 aromatic heterocycles. The molecule has 2 aliphatic rings. The van der Waals surface area contributed by atoms with Gasteiger partial charge in [0.05, 0.1) is 5.92 Å². The Kier molecular flexibility index (Phi) is 6.16. The van der Waals surface area contributed by atoms with Crippen molar-refractivity contribution in [3.63, 3.8) is 0 Å². The van der Waals surface area contributed by atoms with Gasteiger partial charge in [-0.2, -0.15) is 0 Å². The summed E-state index contributed by atoms with van der Waals surface area (Å²) >= 11 is 0. The number of aliphatic carboxylic acids is 1. The van der Waals surface area contributed by atoms with Crippen molar-refractivity contribution in [1.82, 2.24) is 15.1 Å². The van der Waals surface area contributed by atoms with Crippen LogP contribution in [-0.4, -0.2) is 71.6 Å². The molecule has 2 fully saturated rings. The zero-order chi connectivity index (χ0) is 19.2. The van der Waals surface area contributed by atoms with Crippen molar-refractivity contribution in [2.24, 2.45) is 5.92 Å². The Hall–Kier alpha value is -2.77. The number of carboxylic acids is 1. The number of likely N-dealkylation sites (tertiary alicyclic amines) is 2. The summed E-state index contributed by atoms with van der Waals surface area (Å²) in [5, 5.41) is 12.1. The number of carboxylic acid groups (broad SMARTS) is 1. The number of amides is 3. The van der Waals surface area contributed by atoms with Gasteiger partial charge in [0.15, 0.2) is 6.61 Å². The Morgan fingerprint density at radius 2 is 1.85 bits per heavy atom. The molecule has 0 saturated carbocycles. The fourth-order valence-electron chi connectivity index (χ4n) is 3.49. The summed E-state index contributed by atoms with van der Waals surface area (Å²) in [5.41, 5.74) is 0. The molecule has 0 bridgehead atoms. The lowest BCUT2D eigenvalue weighted by molar-refractivity contribution is -0.143. The number of rotatable bonds is 5. The highest BCUT2D eigenvalue weighted by molar-refractivity contribution is 5.79. The first-order valence-electron chi connectivity index (χ1n) is 9.27. The van der Waals surface area contributed by atoms with E-state index in [1.54, 1.807) is 21.9 Å². The molecular formula is C19H25N3O5. The van der Waals surface area contributed by atoms with Gasteiger partial charge in [-0.25, -0.2) is 4.79 Å². The molecule has 1 aromatic rings. The number of urea groups is 1. The van der Waals surface area contributed by atoms with Crippen LogP contribution in [0.3, 0.4) is 0 Å². The predicted molar refractivity (Wildman–Crippen MR) is 97.4 cm³/mol. The Bertz CT molecular complexity index is 681. The third-order valence-corrected chi connectivity index (χ3v) is 5.03. The second-order valence-electron chi connectivity index (χ2n) is 7.00. The summed E-state index contributed by atoms with van der Waals surface area (Å²) in [4.78, 5) is 39.1. The zero-order valence-corrected chi connectivity index (χ0v) is 15.2. The van der Waals surface area contributed by atoms with Crippen LogP contribution in [0.1, 0.15) is 19.3 Å². The minimum absolute atomic E-state index is 0.0307. The molecule has 0 aliphatic carbocycles. The normalized spacial score (nSPS) is 22.4. The lowest BCUT2D eigenvalue weighted by Gasteiger charge is -2.31. The van der Waals surface area contributed by atoms with Crippen molar-refractivity contribution < 1.29 is 24.2 Å². The number of hydrogen-bond donors (Lipinski definition) is 2. The van der Waals surface area contributed by atoms with E-state index in [9.17, 15) is 14.4 Å². The summed E-state index contributed by atoms with van der Waals surface area (Å²) < 4.78 is 5.48. The molecule has 8 nitrogen and oxygen atoms in total. The van der Waals surface area contributed by atoms with Gasteiger partial charge in [0, 0.05) is 32.2 Å². The van der Waals surface area contributed by atoms with Crippen LogP contribution >= 0.6 is 0 Å². The van der Waals surface area contributed by atoms with Gasteiger partial charge < -0.3 is 25.0 Å². The minimum atomic E-state index is -0.858. The largest absolute Gasteiger partial charge is 0.484 e. The maximum atomic E-state index is 12.4. The van der Waals surface area contributed by atoms with Gasteiger partial charge in [0.25, 0.3) is 5.91 Å². The molecule has 2 N–H and O–H groups in total. The molecule has 3 rings (SSSR count). The maximum absolute atomic E-state index is 12.4. The number of benzene rings is 1. The Morgan fingerprint density at radius 3 is 2.59 bits per heavy atom. The fourth-order valence-corrected chi connectivity index (χ4v) is 3.49. The van der Waals surface area contributed by atoms with Crippen LogP contribution in [-0.2, 0) is 9.59 Å². The number of ether oxygens (including phenoxy) is 1. The van der Waals surface area contributed by atoms with Crippen LogP contribution in [0.4, 0.5) is 4.79 Å². The van der Waals surface area contributed by atoms with Crippen molar-refractivity contribution in [3.05, 3.63) is 30.3 Å². The van der Waals surface area contributed by atoms with E-state index in [1.165, 1.54) is 0 Å². The van der Waals surface area contributed by atoms with Gasteiger partial charge in [0.2, 0.25) is 0 Å². The summed E-state index contributed by atoms with van der Waals surface area (Å²) in [6.07, 6.45) is 1.97. The number of nitrogens with one attached hydrogen (secondary N) is 1. The Labute approximate surface area is 158 Å². The van der Waals surface area contributed by atoms with E-state index in [2.05, 4.69) is 5.32 Å². The molecule has 1 aromatic carbocycles. The van der Waals surface area contributed by atoms with Gasteiger partial charge in [-0.05, 0) is 31.4 Å². The van der Waals surface area contributed by atoms with Crippen molar-refractivity contribution in [2.45, 2.75) is 25.3 Å². The highest BCUT2D eigenvalue weighted by Crippen LogP contribution is 2.18. The number of para-hydroxylation sites is 1. The summed E-state index contributed by atoms with van der Waals surface area (Å²) in [6.45, 7) is 1.78. The van der Waals surface area contributed by atoms with E-state index in [0.717, 1.165) is 0 Å². The standard InChI is InChI=1S/C19H25N3O5/c23-17(13-27-16-6-2-1-3-7-16)21-10-8-15(12-21)20-19(26)22-9-4-5-14(11-22)18(24)25/h1-3,6-7,14-15H,4-5,8-13H2,(H,20,26)(H,24,25). The summed E-state index contributed by atoms with van der Waals surface area (Å²) in [7, 11) is 0. The predicted octanol–water partition coefficient (Wildman–Crippen LogP) is 1.17. The van der Waals surface area contributed by atoms with Gasteiger partial charge in [0.1, 0.15) is 5.75 Å². The van der Waals surface area contributed by atoms with Gasteiger partial charge in [-0.1, -0.05) is 18.2 Å². The summed E-state index contributed by atoms with van der Waals surface area (Å²) in [6, 6.07) is 8.79. The van der Waals surface area contributed by atoms with Gasteiger partial charge in [-0.3, -0.25) is 9.59 Å². The van der Waals surface area contributed by atoms with E-state index < -0.39 is 11.9 Å². The highest BCUT2D eigenvalue weighted by atomic mass is 16.5. The fraction of sp³-hybridized carbons (Fsp3) is 0.526. The molecule has 3 amide bonds. The van der Waals surface area contributed by atoms with E-state index in [4.69, 9.17) is 9.84 Å². The minimum Gasteiger partial charge on any atom is -0.484 e. The first-order valence-corrected chi connectivity index (χ1v) is 9.27. The highest BCUT2D eigenvalue weighted by Gasteiger charge is 2.31. The third kappa shape index (κ3) is 5.12. The quantitative estimate of drug-likeness (QED) is 0.805. The molecular weight excluding hydrogens is 350 g/mol. The third-order valence-electron chi connectivity index (χ3n) is 5.03. The SMILES string of the molecule is O=C(O)C1CCCN(C(=O)NC2CCN(C(=O)COc3ccccc3)C2)C1. The molecule has 27 heavy (non-hydrogen) atoms. The molecule has 146 valence electrons. The van der Waals surface area contributed by atoms with Crippen LogP contribution in [0, 0.1) is 5.92 Å². The monoisotopic (exact) mass is 375 g/mol. The molecule has 2 aliphatic heterocycles. The van der Waals surface area contributed by atoms with Crippen molar-refractivity contribution in [2.75, 3.05) is 32.8 Å². The van der Waals surface area contributed by atoms with E-state index in [0.29, 0.717) is 44.6 Å². The smallest absolute Gasteiger partial charge is 0.317 e. The lowest BCUT2D eigenvalue weighted by atomic mass is 9.99.